The van der Waals surface area contributed by atoms with Crippen LogP contribution in [0.1, 0.15) is 25.0 Å². The molecule has 0 radical (unpaired) electrons. The summed E-state index contributed by atoms with van der Waals surface area (Å²) in [5.41, 5.74) is 0.140. The lowest BCUT2D eigenvalue weighted by atomic mass is 9.78. The van der Waals surface area contributed by atoms with Gasteiger partial charge < -0.3 is 14.1 Å². The molecule has 0 unspecified atom stereocenters. The number of likely N-dealkylation sites (N-methyl/N-ethyl adjacent to an activating group) is 1. The lowest BCUT2D eigenvalue weighted by molar-refractivity contribution is -0.138. The Bertz CT molecular complexity index is 486. The zero-order valence-electron chi connectivity index (χ0n) is 12.9. The number of furan rings is 1. The molecule has 2 saturated heterocycles. The molecule has 2 fully saturated rings. The van der Waals surface area contributed by atoms with Crippen LogP contribution in [0, 0.1) is 5.41 Å². The summed E-state index contributed by atoms with van der Waals surface area (Å²) in [5.74, 6) is 1.10. The van der Waals surface area contributed by atoms with Crippen LogP contribution in [0.5, 0.6) is 0 Å². The normalized spacial score (nSPS) is 29.9. The highest BCUT2D eigenvalue weighted by molar-refractivity contribution is 5.80. The molecule has 3 heterocycles. The number of carbonyl (C=O) groups is 1. The summed E-state index contributed by atoms with van der Waals surface area (Å²) in [6.45, 7) is 3.63. The van der Waals surface area contributed by atoms with Crippen molar-refractivity contribution in [3.8, 4) is 0 Å². The Kier molecular flexibility index (Phi) is 4.04. The van der Waals surface area contributed by atoms with Crippen LogP contribution in [0.15, 0.2) is 22.8 Å². The molecule has 3 rings (SSSR count). The highest BCUT2D eigenvalue weighted by atomic mass is 16.5. The Hall–Kier alpha value is -1.33. The van der Waals surface area contributed by atoms with Gasteiger partial charge in [-0.2, -0.15) is 0 Å². The van der Waals surface area contributed by atoms with Crippen molar-refractivity contribution in [2.45, 2.75) is 31.9 Å². The van der Waals surface area contributed by atoms with Crippen molar-refractivity contribution in [3.63, 3.8) is 0 Å². The van der Waals surface area contributed by atoms with E-state index in [2.05, 4.69) is 4.90 Å². The van der Waals surface area contributed by atoms with Gasteiger partial charge in [-0.25, -0.2) is 0 Å². The number of hydrogen-bond acceptors (Lipinski definition) is 4. The first-order valence-corrected chi connectivity index (χ1v) is 7.66. The third-order valence-corrected chi connectivity index (χ3v) is 4.63. The molecule has 0 N–H and O–H groups in total. The quantitative estimate of drug-likeness (QED) is 0.851. The van der Waals surface area contributed by atoms with Gasteiger partial charge in [-0.3, -0.25) is 9.69 Å². The van der Waals surface area contributed by atoms with Crippen LogP contribution in [0.25, 0.3) is 0 Å². The van der Waals surface area contributed by atoms with Gasteiger partial charge in [0.15, 0.2) is 0 Å². The second-order valence-electron chi connectivity index (χ2n) is 6.63. The average molecular weight is 292 g/mol. The topological polar surface area (TPSA) is 45.9 Å². The molecular formula is C16H24N2O3. The molecular weight excluding hydrogens is 268 g/mol. The number of nitrogens with zero attached hydrogens (tertiary/aromatic N) is 2. The van der Waals surface area contributed by atoms with Gasteiger partial charge in [-0.1, -0.05) is 0 Å². The Balaban J connectivity index is 1.62. The van der Waals surface area contributed by atoms with Gasteiger partial charge in [0.25, 0.3) is 5.91 Å². The van der Waals surface area contributed by atoms with E-state index in [1.165, 1.54) is 0 Å². The van der Waals surface area contributed by atoms with Gasteiger partial charge >= 0.3 is 0 Å². The Labute approximate surface area is 125 Å². The van der Waals surface area contributed by atoms with E-state index in [0.29, 0.717) is 6.61 Å². The number of carbonyl (C=O) groups excluding carboxylic acids is 1. The molecule has 116 valence electrons. The summed E-state index contributed by atoms with van der Waals surface area (Å²) in [4.78, 5) is 16.1. The van der Waals surface area contributed by atoms with Gasteiger partial charge in [0.2, 0.25) is 0 Å². The molecule has 0 aliphatic carbocycles. The van der Waals surface area contributed by atoms with Crippen molar-refractivity contribution >= 4 is 5.91 Å². The molecule has 2 aliphatic rings. The second-order valence-corrected chi connectivity index (χ2v) is 6.63. The van der Waals surface area contributed by atoms with Crippen LogP contribution in [0.2, 0.25) is 0 Å². The lowest BCUT2D eigenvalue weighted by Crippen LogP contribution is -2.43. The van der Waals surface area contributed by atoms with Gasteiger partial charge in [0.05, 0.1) is 19.4 Å². The first-order valence-electron chi connectivity index (χ1n) is 7.66. The number of amides is 1. The van der Waals surface area contributed by atoms with Crippen LogP contribution in [-0.4, -0.2) is 55.6 Å². The predicted octanol–water partition coefficient (Wildman–Crippen LogP) is 1.74. The van der Waals surface area contributed by atoms with Crippen molar-refractivity contribution in [1.82, 2.24) is 9.80 Å². The second kappa shape index (κ2) is 5.81. The minimum Gasteiger partial charge on any atom is -0.468 e. The summed E-state index contributed by atoms with van der Waals surface area (Å²) in [7, 11) is 3.58. The van der Waals surface area contributed by atoms with Crippen molar-refractivity contribution in [3.05, 3.63) is 24.2 Å². The van der Waals surface area contributed by atoms with Crippen LogP contribution >= 0.6 is 0 Å². The SMILES string of the molecule is CN(C)C(=O)[C@@H]1C[C@]2(CCCN(Cc3ccco3)C2)CO1. The third-order valence-electron chi connectivity index (χ3n) is 4.63. The first kappa shape index (κ1) is 14.6. The molecule has 1 spiro atoms. The monoisotopic (exact) mass is 292 g/mol. The summed E-state index contributed by atoms with van der Waals surface area (Å²) in [5, 5.41) is 0. The van der Waals surface area contributed by atoms with Crippen molar-refractivity contribution in [2.24, 2.45) is 5.41 Å². The van der Waals surface area contributed by atoms with E-state index in [4.69, 9.17) is 9.15 Å². The highest BCUT2D eigenvalue weighted by Gasteiger charge is 2.45. The number of ether oxygens (including phenoxy) is 1. The molecule has 1 amide bonds. The maximum atomic E-state index is 12.1. The average Bonchev–Trinajstić information content (AvgIpc) is 3.09. The van der Waals surface area contributed by atoms with Crippen LogP contribution < -0.4 is 0 Å². The van der Waals surface area contributed by atoms with Crippen molar-refractivity contribution in [1.29, 1.82) is 0 Å². The molecule has 0 aromatic carbocycles. The fourth-order valence-corrected chi connectivity index (χ4v) is 3.59. The molecule has 5 heteroatoms. The van der Waals surface area contributed by atoms with Crippen LogP contribution in [-0.2, 0) is 16.1 Å². The smallest absolute Gasteiger partial charge is 0.251 e. The number of likely N-dealkylation sites (tertiary alicyclic amines) is 1. The van der Waals surface area contributed by atoms with Crippen LogP contribution in [0.4, 0.5) is 0 Å². The number of rotatable bonds is 3. The highest BCUT2D eigenvalue weighted by Crippen LogP contribution is 2.41. The lowest BCUT2D eigenvalue weighted by Gasteiger charge is -2.39. The standard InChI is InChI=1S/C16H24N2O3/c1-17(2)15(19)14-9-16(12-21-14)6-4-7-18(11-16)10-13-5-3-8-20-13/h3,5,8,14H,4,6-7,9-12H2,1-2H3/t14-,16-/m0/s1. The van der Waals surface area contributed by atoms with E-state index < -0.39 is 0 Å². The van der Waals surface area contributed by atoms with E-state index in [1.807, 2.05) is 12.1 Å². The van der Waals surface area contributed by atoms with Crippen LogP contribution in [0.3, 0.4) is 0 Å². The van der Waals surface area contributed by atoms with E-state index in [1.54, 1.807) is 25.3 Å². The maximum Gasteiger partial charge on any atom is 0.251 e. The van der Waals surface area contributed by atoms with E-state index >= 15 is 0 Å². The van der Waals surface area contributed by atoms with Gasteiger partial charge in [0.1, 0.15) is 11.9 Å². The molecule has 0 saturated carbocycles. The maximum absolute atomic E-state index is 12.1. The minimum absolute atomic E-state index is 0.0926. The fraction of sp³-hybridized carbons (Fsp3) is 0.688. The zero-order valence-corrected chi connectivity index (χ0v) is 12.9. The first-order chi connectivity index (χ1) is 10.1. The molecule has 1 aromatic heterocycles. The molecule has 2 atom stereocenters. The molecule has 21 heavy (non-hydrogen) atoms. The van der Waals surface area contributed by atoms with E-state index in [-0.39, 0.29) is 17.4 Å². The summed E-state index contributed by atoms with van der Waals surface area (Å²) in [6.07, 6.45) is 4.62. The van der Waals surface area contributed by atoms with Crippen molar-refractivity contribution < 1.29 is 13.9 Å². The zero-order chi connectivity index (χ0) is 14.9. The van der Waals surface area contributed by atoms with Crippen molar-refractivity contribution in [2.75, 3.05) is 33.8 Å². The van der Waals surface area contributed by atoms with E-state index in [0.717, 1.165) is 44.7 Å². The molecule has 1 aromatic rings. The predicted molar refractivity (Wildman–Crippen MR) is 78.7 cm³/mol. The summed E-state index contributed by atoms with van der Waals surface area (Å²) in [6, 6.07) is 3.95. The Morgan fingerprint density at radius 1 is 1.52 bits per heavy atom. The summed E-state index contributed by atoms with van der Waals surface area (Å²) < 4.78 is 11.3. The Morgan fingerprint density at radius 2 is 2.38 bits per heavy atom. The molecule has 0 bridgehead atoms. The molecule has 2 aliphatic heterocycles. The number of hydrogen-bond donors (Lipinski definition) is 0. The number of piperidine rings is 1. The minimum atomic E-state index is -0.261. The van der Waals surface area contributed by atoms with Gasteiger partial charge in [-0.05, 0) is 37.9 Å². The summed E-state index contributed by atoms with van der Waals surface area (Å²) >= 11 is 0. The van der Waals surface area contributed by atoms with Gasteiger partial charge in [0, 0.05) is 26.1 Å². The molecule has 5 nitrogen and oxygen atoms in total. The van der Waals surface area contributed by atoms with E-state index in [9.17, 15) is 4.79 Å². The third kappa shape index (κ3) is 3.14. The largest absolute Gasteiger partial charge is 0.468 e. The van der Waals surface area contributed by atoms with Gasteiger partial charge in [-0.15, -0.1) is 0 Å². The Morgan fingerprint density at radius 3 is 3.10 bits per heavy atom. The fourth-order valence-electron chi connectivity index (χ4n) is 3.59.